The van der Waals surface area contributed by atoms with Crippen LogP contribution < -0.4 is 0 Å². The summed E-state index contributed by atoms with van der Waals surface area (Å²) < 4.78 is 9.05. The van der Waals surface area contributed by atoms with Crippen molar-refractivity contribution in [3.8, 4) is 37.0 Å². The molecule has 26 heavy (non-hydrogen) atoms. The van der Waals surface area contributed by atoms with Gasteiger partial charge >= 0.3 is 23.9 Å². The molecule has 0 amide bonds. The minimum absolute atomic E-state index is 0.0505. The molecule has 0 heterocycles. The smallest absolute Gasteiger partial charge is 0.307 e. The second-order valence-electron chi connectivity index (χ2n) is 3.88. The summed E-state index contributed by atoms with van der Waals surface area (Å²) in [7, 11) is 0. The lowest BCUT2D eigenvalue weighted by Gasteiger charge is -2.00. The van der Waals surface area contributed by atoms with Gasteiger partial charge < -0.3 is 24.8 Å². The Kier molecular flexibility index (Phi) is 22.7. The van der Waals surface area contributed by atoms with Crippen LogP contribution >= 0.6 is 0 Å². The molecule has 0 aromatic heterocycles. The summed E-state index contributed by atoms with van der Waals surface area (Å²) in [4.78, 5) is 40.9. The molecule has 0 aliphatic carbocycles. The molecular weight excluding hydrogens is 348 g/mol. The topological polar surface area (TPSA) is 147 Å². The van der Waals surface area contributed by atoms with Crippen molar-refractivity contribution in [3.63, 3.8) is 0 Å². The van der Waals surface area contributed by atoms with Gasteiger partial charge in [0, 0.05) is 0 Å². The molecule has 0 spiro atoms. The van der Waals surface area contributed by atoms with E-state index in [2.05, 4.69) is 27.7 Å². The molecule has 0 unspecified atom stereocenters. The molecule has 142 valence electrons. The Morgan fingerprint density at radius 1 is 0.692 bits per heavy atom. The van der Waals surface area contributed by atoms with Crippen LogP contribution in [-0.4, -0.2) is 59.0 Å². The number of esters is 2. The van der Waals surface area contributed by atoms with Crippen molar-refractivity contribution in [3.05, 3.63) is 0 Å². The highest BCUT2D eigenvalue weighted by atomic mass is 16.5. The third-order valence-corrected chi connectivity index (χ3v) is 1.81. The van der Waals surface area contributed by atoms with E-state index in [1.54, 1.807) is 0 Å². The number of carbonyl (C=O) groups excluding carboxylic acids is 2. The quantitative estimate of drug-likeness (QED) is 0.387. The summed E-state index contributed by atoms with van der Waals surface area (Å²) in [5, 5.41) is 23.4. The lowest BCUT2D eigenvalue weighted by Crippen LogP contribution is -2.10. The zero-order valence-corrected chi connectivity index (χ0v) is 14.0. The van der Waals surface area contributed by atoms with E-state index in [0.717, 1.165) is 0 Å². The van der Waals surface area contributed by atoms with Crippen LogP contribution in [0.15, 0.2) is 0 Å². The van der Waals surface area contributed by atoms with Crippen molar-refractivity contribution in [2.24, 2.45) is 0 Å². The Labute approximate surface area is 151 Å². The highest BCUT2D eigenvalue weighted by Gasteiger charge is 2.07. The third kappa shape index (κ3) is 32.5. The van der Waals surface area contributed by atoms with E-state index in [1.165, 1.54) is 0 Å². The van der Waals surface area contributed by atoms with E-state index >= 15 is 0 Å². The Morgan fingerprint density at radius 2 is 1.00 bits per heavy atom. The van der Waals surface area contributed by atoms with Crippen LogP contribution in [0.5, 0.6) is 0 Å². The second kappa shape index (κ2) is 21.5. The van der Waals surface area contributed by atoms with E-state index < -0.39 is 23.9 Å². The van der Waals surface area contributed by atoms with Gasteiger partial charge in [0.15, 0.2) is 13.2 Å². The van der Waals surface area contributed by atoms with Crippen molar-refractivity contribution in [2.75, 3.05) is 19.8 Å². The fourth-order valence-electron chi connectivity index (χ4n) is 0.807. The van der Waals surface area contributed by atoms with Crippen LogP contribution in [0.25, 0.3) is 0 Å². The highest BCUT2D eigenvalue weighted by molar-refractivity contribution is 5.77. The molecule has 9 nitrogen and oxygen atoms in total. The number of terminal acetylenes is 3. The first-order valence-electron chi connectivity index (χ1n) is 6.91. The number of hydrogen-bond acceptors (Lipinski definition) is 7. The van der Waals surface area contributed by atoms with E-state index in [9.17, 15) is 19.2 Å². The normalized spacial score (nSPS) is 7.77. The predicted octanol–water partition coefficient (Wildman–Crippen LogP) is -0.333. The number of rotatable bonds is 8. The molecule has 3 N–H and O–H groups in total. The summed E-state index contributed by atoms with van der Waals surface area (Å²) in [5.74, 6) is 3.05. The number of aliphatic carboxylic acids is 2. The average Bonchev–Trinajstić information content (AvgIpc) is 2.61. The first kappa shape index (κ1) is 27.4. The summed E-state index contributed by atoms with van der Waals surface area (Å²) >= 11 is 0. The van der Waals surface area contributed by atoms with Crippen molar-refractivity contribution >= 4 is 23.9 Å². The van der Waals surface area contributed by atoms with Crippen LogP contribution in [-0.2, 0) is 28.7 Å². The number of hydrogen-bond donors (Lipinski definition) is 3. The lowest BCUT2D eigenvalue weighted by molar-refractivity contribution is -0.148. The summed E-state index contributed by atoms with van der Waals surface area (Å²) in [6.07, 6.45) is 13.5. The largest absolute Gasteiger partial charge is 0.481 e. The summed E-state index contributed by atoms with van der Waals surface area (Å²) in [5.41, 5.74) is 0. The summed E-state index contributed by atoms with van der Waals surface area (Å²) in [6.45, 7) is -0.323. The maximum atomic E-state index is 10.8. The molecule has 0 atom stereocenters. The molecule has 9 heteroatoms. The Hall–Kier alpha value is -3.48. The van der Waals surface area contributed by atoms with Gasteiger partial charge in [0.1, 0.15) is 6.61 Å². The van der Waals surface area contributed by atoms with Gasteiger partial charge in [0.05, 0.1) is 25.7 Å². The second-order valence-corrected chi connectivity index (χ2v) is 3.88. The first-order chi connectivity index (χ1) is 12.2. The van der Waals surface area contributed by atoms with Crippen molar-refractivity contribution in [2.45, 2.75) is 25.7 Å². The highest BCUT2D eigenvalue weighted by Crippen LogP contribution is 1.95. The molecule has 0 saturated carbocycles. The fourth-order valence-corrected chi connectivity index (χ4v) is 0.807. The minimum Gasteiger partial charge on any atom is -0.481 e. The predicted molar refractivity (Wildman–Crippen MR) is 89.2 cm³/mol. The van der Waals surface area contributed by atoms with Crippen LogP contribution in [0, 0.1) is 37.0 Å². The molecule has 0 fully saturated rings. The molecule has 0 aliphatic heterocycles. The Bertz CT molecular complexity index is 514. The van der Waals surface area contributed by atoms with Crippen LogP contribution in [0.4, 0.5) is 0 Å². The molecule has 0 aromatic rings. The number of carbonyl (C=O) groups is 4. The zero-order chi connectivity index (χ0) is 20.8. The van der Waals surface area contributed by atoms with Gasteiger partial charge in [0.2, 0.25) is 0 Å². The van der Waals surface area contributed by atoms with Crippen LogP contribution in [0.3, 0.4) is 0 Å². The molecule has 0 saturated heterocycles. The number of aliphatic hydroxyl groups is 1. The maximum Gasteiger partial charge on any atom is 0.307 e. The Morgan fingerprint density at radius 3 is 1.19 bits per heavy atom. The molecule has 0 rings (SSSR count). The molecule has 0 bridgehead atoms. The Balaban J connectivity index is -0.000000370. The minimum atomic E-state index is -1.08. The van der Waals surface area contributed by atoms with Gasteiger partial charge in [-0.25, -0.2) is 0 Å². The van der Waals surface area contributed by atoms with Gasteiger partial charge in [-0.1, -0.05) is 17.8 Å². The van der Waals surface area contributed by atoms with Crippen LogP contribution in [0.2, 0.25) is 0 Å². The molecule has 0 aliphatic rings. The van der Waals surface area contributed by atoms with Crippen molar-refractivity contribution in [1.29, 1.82) is 0 Å². The van der Waals surface area contributed by atoms with E-state index in [4.69, 9.17) is 28.2 Å². The van der Waals surface area contributed by atoms with Crippen molar-refractivity contribution in [1.82, 2.24) is 0 Å². The molecular formula is C17H20O9. The molecule has 0 aromatic carbocycles. The van der Waals surface area contributed by atoms with Gasteiger partial charge in [-0.3, -0.25) is 19.2 Å². The van der Waals surface area contributed by atoms with Crippen molar-refractivity contribution < 1.29 is 44.0 Å². The number of ether oxygens (including phenoxy) is 2. The number of carboxylic acid groups (broad SMARTS) is 2. The summed E-state index contributed by atoms with van der Waals surface area (Å²) in [6, 6.07) is 0. The monoisotopic (exact) mass is 368 g/mol. The van der Waals surface area contributed by atoms with Gasteiger partial charge in [0.25, 0.3) is 0 Å². The zero-order valence-electron chi connectivity index (χ0n) is 14.0. The van der Waals surface area contributed by atoms with Gasteiger partial charge in [-0.2, -0.15) is 0 Å². The van der Waals surface area contributed by atoms with E-state index in [-0.39, 0.29) is 45.5 Å². The van der Waals surface area contributed by atoms with Gasteiger partial charge in [-0.15, -0.1) is 19.3 Å². The van der Waals surface area contributed by atoms with Crippen LogP contribution in [0.1, 0.15) is 25.7 Å². The first-order valence-corrected chi connectivity index (χ1v) is 6.91. The number of aliphatic hydroxyl groups excluding tert-OH is 1. The maximum absolute atomic E-state index is 10.8. The standard InChI is InChI=1S/C10H10O4.C4H6O4.C3H4O/c1-3-7-13-9(11)5-6-10(12)14-8-4-2;5-3(6)1-2-4(7)8;1-2-3-4/h1-2H,5-8H2;1-2H2,(H,5,6)(H,7,8);1,4H,3H2. The van der Waals surface area contributed by atoms with Gasteiger partial charge in [-0.05, 0) is 0 Å². The van der Waals surface area contributed by atoms with E-state index in [1.807, 2.05) is 5.92 Å². The third-order valence-electron chi connectivity index (χ3n) is 1.81. The fraction of sp³-hybridized carbons (Fsp3) is 0.412. The molecule has 0 radical (unpaired) electrons. The average molecular weight is 368 g/mol. The van der Waals surface area contributed by atoms with E-state index in [0.29, 0.717) is 0 Å². The SMILES string of the molecule is C#CCO.C#CCOC(=O)CCC(=O)OCC#C.O=C(O)CCC(=O)O. The lowest BCUT2D eigenvalue weighted by atomic mass is 10.3. The number of carboxylic acids is 2.